The van der Waals surface area contributed by atoms with Crippen LogP contribution < -0.4 is 10.1 Å². The minimum atomic E-state index is -1.09. The van der Waals surface area contributed by atoms with Gasteiger partial charge in [0.05, 0.1) is 0 Å². The summed E-state index contributed by atoms with van der Waals surface area (Å²) in [7, 11) is 0. The number of likely N-dealkylation sites (tertiary alicyclic amines) is 1. The molecule has 1 aliphatic carbocycles. The van der Waals surface area contributed by atoms with E-state index >= 15 is 0 Å². The molecule has 2 atom stereocenters. The van der Waals surface area contributed by atoms with Gasteiger partial charge in [0.2, 0.25) is 0 Å². The highest BCUT2D eigenvalue weighted by Gasteiger charge is 2.56. The van der Waals surface area contributed by atoms with E-state index < -0.39 is 11.6 Å². The lowest BCUT2D eigenvalue weighted by atomic mass is 9.73. The number of carbonyl (C=O) groups is 3. The van der Waals surface area contributed by atoms with E-state index in [1.54, 1.807) is 24.0 Å². The van der Waals surface area contributed by atoms with Crippen LogP contribution in [0.2, 0.25) is 0 Å². The first kappa shape index (κ1) is 24.3. The molecule has 0 unspecified atom stereocenters. The Morgan fingerprint density at radius 2 is 1.72 bits per heavy atom. The number of amides is 4. The molecule has 2 aromatic carbocycles. The van der Waals surface area contributed by atoms with Gasteiger partial charge in [-0.3, -0.25) is 14.5 Å². The van der Waals surface area contributed by atoms with Crippen LogP contribution in [-0.2, 0) is 16.0 Å². The zero-order chi connectivity index (χ0) is 25.3. The second-order valence-corrected chi connectivity index (χ2v) is 10.2. The number of urea groups is 1. The monoisotopic (exact) mass is 493 g/mol. The van der Waals surface area contributed by atoms with Crippen molar-refractivity contribution in [3.8, 4) is 5.75 Å². The lowest BCUT2D eigenvalue weighted by molar-refractivity contribution is -0.140. The van der Waals surface area contributed by atoms with E-state index in [0.717, 1.165) is 18.4 Å². The number of nitrogens with one attached hydrogen (secondary N) is 1. The number of hydrogen-bond acceptors (Lipinski definition) is 4. The van der Waals surface area contributed by atoms with Crippen LogP contribution in [0.3, 0.4) is 0 Å². The molecule has 4 amide bonds. The predicted molar refractivity (Wildman–Crippen MR) is 132 cm³/mol. The Kier molecular flexibility index (Phi) is 6.69. The fraction of sp³-hybridized carbons (Fsp3) is 0.464. The van der Waals surface area contributed by atoms with Crippen LogP contribution in [0.25, 0.3) is 0 Å². The molecule has 0 aromatic heterocycles. The van der Waals surface area contributed by atoms with Crippen LogP contribution in [0.4, 0.5) is 9.18 Å². The Morgan fingerprint density at radius 3 is 2.36 bits per heavy atom. The zero-order valence-corrected chi connectivity index (χ0v) is 20.5. The molecule has 0 radical (unpaired) electrons. The third-order valence-corrected chi connectivity index (χ3v) is 7.64. The van der Waals surface area contributed by atoms with Crippen molar-refractivity contribution in [1.29, 1.82) is 0 Å². The molecule has 2 aliphatic heterocycles. The first-order valence-corrected chi connectivity index (χ1v) is 12.7. The van der Waals surface area contributed by atoms with Crippen molar-refractivity contribution in [2.75, 3.05) is 19.6 Å². The number of ether oxygens (including phenoxy) is 1. The van der Waals surface area contributed by atoms with Gasteiger partial charge in [0, 0.05) is 26.1 Å². The number of hydrogen-bond donors (Lipinski definition) is 1. The van der Waals surface area contributed by atoms with Gasteiger partial charge in [-0.25, -0.2) is 9.18 Å². The molecule has 7 nitrogen and oxygen atoms in total. The molecule has 3 aliphatic rings. The maximum absolute atomic E-state index is 13.8. The third-order valence-electron chi connectivity index (χ3n) is 7.64. The number of carbonyl (C=O) groups excluding carboxylic acids is 3. The van der Waals surface area contributed by atoms with Gasteiger partial charge in [0.1, 0.15) is 17.1 Å². The van der Waals surface area contributed by atoms with Crippen LogP contribution in [0.1, 0.15) is 38.2 Å². The van der Waals surface area contributed by atoms with Crippen molar-refractivity contribution >= 4 is 17.8 Å². The van der Waals surface area contributed by atoms with Gasteiger partial charge < -0.3 is 15.0 Å². The van der Waals surface area contributed by atoms with Crippen LogP contribution in [0.15, 0.2) is 54.6 Å². The first-order chi connectivity index (χ1) is 17.4. The van der Waals surface area contributed by atoms with Crippen molar-refractivity contribution < 1.29 is 23.5 Å². The lowest BCUT2D eigenvalue weighted by Crippen LogP contribution is -2.58. The number of para-hydroxylation sites is 1. The van der Waals surface area contributed by atoms with E-state index in [9.17, 15) is 18.8 Å². The second kappa shape index (κ2) is 9.91. The fourth-order valence-electron chi connectivity index (χ4n) is 5.44. The molecule has 2 heterocycles. The summed E-state index contributed by atoms with van der Waals surface area (Å²) in [4.78, 5) is 42.9. The molecule has 5 rings (SSSR count). The predicted octanol–water partition coefficient (Wildman–Crippen LogP) is 3.77. The van der Waals surface area contributed by atoms with Crippen LogP contribution >= 0.6 is 0 Å². The van der Waals surface area contributed by atoms with Crippen LogP contribution in [0, 0.1) is 17.7 Å². The van der Waals surface area contributed by atoms with Gasteiger partial charge >= 0.3 is 6.03 Å². The van der Waals surface area contributed by atoms with Gasteiger partial charge in [-0.05, 0) is 74.3 Å². The van der Waals surface area contributed by atoms with E-state index in [4.69, 9.17) is 4.74 Å². The van der Waals surface area contributed by atoms with Crippen molar-refractivity contribution in [3.05, 3.63) is 66.0 Å². The normalized spacial score (nSPS) is 23.5. The van der Waals surface area contributed by atoms with Gasteiger partial charge in [0.15, 0.2) is 6.10 Å². The molecule has 2 aromatic rings. The first-order valence-electron chi connectivity index (χ1n) is 12.7. The van der Waals surface area contributed by atoms with E-state index in [-0.39, 0.29) is 29.6 Å². The highest BCUT2D eigenvalue weighted by atomic mass is 19.1. The summed E-state index contributed by atoms with van der Waals surface area (Å²) in [6.45, 7) is 3.14. The molecule has 2 saturated heterocycles. The van der Waals surface area contributed by atoms with Crippen molar-refractivity contribution in [2.24, 2.45) is 11.8 Å². The van der Waals surface area contributed by atoms with Gasteiger partial charge in [-0.2, -0.15) is 0 Å². The summed E-state index contributed by atoms with van der Waals surface area (Å²) >= 11 is 0. The smallest absolute Gasteiger partial charge is 0.325 e. The standard InChI is InChI=1S/C28H32FN3O4/c1-19(36-24-5-3-2-4-6-24)25(33)31-15-13-22(14-16-31)28(17-20-9-11-23(29)12-10-20)26(34)32(27(35)30-28)18-21-7-8-21/h2-6,9-12,19,21-22H,7-8,13-18H2,1H3,(H,30,35)/t19-,28+/m1/s1. The van der Waals surface area contributed by atoms with Crippen LogP contribution in [-0.4, -0.2) is 58.9 Å². The maximum Gasteiger partial charge on any atom is 0.325 e. The molecule has 0 bridgehead atoms. The Labute approximate surface area is 210 Å². The molecular weight excluding hydrogens is 461 g/mol. The number of halogens is 1. The molecule has 1 N–H and O–H groups in total. The van der Waals surface area contributed by atoms with Crippen molar-refractivity contribution in [3.63, 3.8) is 0 Å². The number of rotatable bonds is 8. The molecule has 36 heavy (non-hydrogen) atoms. The van der Waals surface area contributed by atoms with Gasteiger partial charge in [-0.1, -0.05) is 30.3 Å². The Morgan fingerprint density at radius 1 is 1.06 bits per heavy atom. The highest BCUT2D eigenvalue weighted by Crippen LogP contribution is 2.39. The quantitative estimate of drug-likeness (QED) is 0.568. The minimum absolute atomic E-state index is 0.0953. The number of benzene rings is 2. The molecule has 190 valence electrons. The zero-order valence-electron chi connectivity index (χ0n) is 20.5. The van der Waals surface area contributed by atoms with Gasteiger partial charge in [-0.15, -0.1) is 0 Å². The highest BCUT2D eigenvalue weighted by molar-refractivity contribution is 6.07. The second-order valence-electron chi connectivity index (χ2n) is 10.2. The number of imide groups is 1. The average Bonchev–Trinajstić information content (AvgIpc) is 3.68. The van der Waals surface area contributed by atoms with E-state index in [1.165, 1.54) is 17.0 Å². The largest absolute Gasteiger partial charge is 0.481 e. The minimum Gasteiger partial charge on any atom is -0.481 e. The number of nitrogens with zero attached hydrogens (tertiary/aromatic N) is 2. The average molecular weight is 494 g/mol. The summed E-state index contributed by atoms with van der Waals surface area (Å²) in [6, 6.07) is 15.0. The summed E-state index contributed by atoms with van der Waals surface area (Å²) in [5.41, 5.74) is -0.299. The summed E-state index contributed by atoms with van der Waals surface area (Å²) in [5, 5.41) is 3.05. The molecule has 3 fully saturated rings. The molecular formula is C28H32FN3O4. The van der Waals surface area contributed by atoms with Crippen molar-refractivity contribution in [1.82, 2.24) is 15.1 Å². The SMILES string of the molecule is C[C@@H](Oc1ccccc1)C(=O)N1CCC([C@]2(Cc3ccc(F)cc3)NC(=O)N(CC3CC3)C2=O)CC1. The summed E-state index contributed by atoms with van der Waals surface area (Å²) in [5.74, 6) is 0.242. The van der Waals surface area contributed by atoms with E-state index in [0.29, 0.717) is 50.6 Å². The van der Waals surface area contributed by atoms with Crippen LogP contribution in [0.5, 0.6) is 5.75 Å². The maximum atomic E-state index is 13.8. The lowest BCUT2D eigenvalue weighted by Gasteiger charge is -2.41. The third kappa shape index (κ3) is 4.94. The Hall–Kier alpha value is -3.42. The summed E-state index contributed by atoms with van der Waals surface area (Å²) in [6.07, 6.45) is 2.89. The van der Waals surface area contributed by atoms with Crippen molar-refractivity contribution in [2.45, 2.75) is 50.7 Å². The number of piperidine rings is 1. The molecule has 1 saturated carbocycles. The van der Waals surface area contributed by atoms with E-state index in [2.05, 4.69) is 5.32 Å². The fourth-order valence-corrected chi connectivity index (χ4v) is 5.44. The molecule has 0 spiro atoms. The topological polar surface area (TPSA) is 79.0 Å². The summed E-state index contributed by atoms with van der Waals surface area (Å²) < 4.78 is 19.3. The van der Waals surface area contributed by atoms with E-state index in [1.807, 2.05) is 30.3 Å². The molecule has 8 heteroatoms. The Bertz CT molecular complexity index is 1110. The Balaban J connectivity index is 1.30. The van der Waals surface area contributed by atoms with Gasteiger partial charge in [0.25, 0.3) is 11.8 Å².